The highest BCUT2D eigenvalue weighted by molar-refractivity contribution is 7.73. The minimum Gasteiger partial charge on any atom is -0.317 e. The summed E-state index contributed by atoms with van der Waals surface area (Å²) >= 11 is 11.7. The van der Waals surface area contributed by atoms with E-state index in [9.17, 15) is 4.79 Å². The largest absolute Gasteiger partial charge is 0.317 e. The first-order chi connectivity index (χ1) is 9.60. The average molecular weight is 321 g/mol. The van der Waals surface area contributed by atoms with Crippen LogP contribution in [0.4, 0.5) is 0 Å². The summed E-state index contributed by atoms with van der Waals surface area (Å²) in [6.07, 6.45) is 0.984. The van der Waals surface area contributed by atoms with Gasteiger partial charge in [0, 0.05) is 5.69 Å². The fourth-order valence-electron chi connectivity index (χ4n) is 2.05. The van der Waals surface area contributed by atoms with Crippen LogP contribution in [-0.2, 0) is 6.42 Å². The molecule has 0 bridgehead atoms. The number of thiazole rings is 1. The van der Waals surface area contributed by atoms with E-state index in [2.05, 4.69) is 29.0 Å². The van der Waals surface area contributed by atoms with E-state index in [1.807, 2.05) is 16.7 Å². The van der Waals surface area contributed by atoms with Gasteiger partial charge in [0.2, 0.25) is 0 Å². The molecule has 0 saturated carbocycles. The van der Waals surface area contributed by atoms with Crippen molar-refractivity contribution >= 4 is 46.1 Å². The molecule has 0 amide bonds. The zero-order valence-electron chi connectivity index (χ0n) is 10.6. The van der Waals surface area contributed by atoms with Crippen LogP contribution in [0.15, 0.2) is 29.1 Å². The minimum absolute atomic E-state index is 0.205. The van der Waals surface area contributed by atoms with Crippen molar-refractivity contribution in [2.24, 2.45) is 0 Å². The predicted octanol–water partition coefficient (Wildman–Crippen LogP) is 3.73. The molecule has 0 aliphatic carbocycles. The van der Waals surface area contributed by atoms with Gasteiger partial charge in [0.1, 0.15) is 10.3 Å². The average Bonchev–Trinajstić information content (AvgIpc) is 2.76. The van der Waals surface area contributed by atoms with Gasteiger partial charge in [0.15, 0.2) is 8.73 Å². The van der Waals surface area contributed by atoms with Crippen LogP contribution < -0.4 is 5.56 Å². The number of nitrogens with one attached hydrogen (secondary N) is 2. The lowest BCUT2D eigenvalue weighted by molar-refractivity contribution is 1.04. The Morgan fingerprint density at radius 3 is 2.55 bits per heavy atom. The summed E-state index contributed by atoms with van der Waals surface area (Å²) in [6.45, 7) is 2.11. The van der Waals surface area contributed by atoms with E-state index in [0.717, 1.165) is 12.1 Å². The summed E-state index contributed by atoms with van der Waals surface area (Å²) in [5, 5.41) is 0. The van der Waals surface area contributed by atoms with Crippen LogP contribution in [-0.4, -0.2) is 14.5 Å². The molecule has 2 aromatic heterocycles. The summed E-state index contributed by atoms with van der Waals surface area (Å²) in [6, 6.07) is 8.11. The van der Waals surface area contributed by atoms with Gasteiger partial charge in [-0.1, -0.05) is 30.4 Å². The van der Waals surface area contributed by atoms with Crippen molar-refractivity contribution in [1.29, 1.82) is 0 Å². The van der Waals surface area contributed by atoms with Crippen LogP contribution in [0.3, 0.4) is 0 Å². The Morgan fingerprint density at radius 2 is 1.90 bits per heavy atom. The van der Waals surface area contributed by atoms with Gasteiger partial charge in [0.05, 0.1) is 0 Å². The molecule has 0 radical (unpaired) electrons. The van der Waals surface area contributed by atoms with E-state index in [4.69, 9.17) is 24.4 Å². The van der Waals surface area contributed by atoms with Crippen molar-refractivity contribution in [3.63, 3.8) is 0 Å². The normalized spacial score (nSPS) is 11.1. The number of nitrogens with zero attached hydrogens (tertiary/aromatic N) is 1. The molecule has 0 atom stereocenters. The summed E-state index contributed by atoms with van der Waals surface area (Å²) in [7, 11) is 0. The Morgan fingerprint density at radius 1 is 1.20 bits per heavy atom. The molecule has 0 spiro atoms. The zero-order valence-corrected chi connectivity index (χ0v) is 13.0. The SMILES string of the molecule is CCc1ccc(-n2c(=S)sc3c(=O)[nH]c(=S)[nH]c32)cc1. The van der Waals surface area contributed by atoms with E-state index >= 15 is 0 Å². The molecule has 20 heavy (non-hydrogen) atoms. The number of rotatable bonds is 2. The van der Waals surface area contributed by atoms with Crippen molar-refractivity contribution < 1.29 is 0 Å². The Labute approximate surface area is 128 Å². The fraction of sp³-hybridized carbons (Fsp3) is 0.154. The molecule has 7 heteroatoms. The van der Waals surface area contributed by atoms with Crippen LogP contribution in [0.2, 0.25) is 0 Å². The van der Waals surface area contributed by atoms with Crippen LogP contribution in [0.5, 0.6) is 0 Å². The number of H-pyrrole nitrogens is 2. The molecule has 3 aromatic rings. The van der Waals surface area contributed by atoms with Gasteiger partial charge in [0.25, 0.3) is 5.56 Å². The maximum atomic E-state index is 11.9. The summed E-state index contributed by atoms with van der Waals surface area (Å²) in [5.74, 6) is 0. The highest BCUT2D eigenvalue weighted by Crippen LogP contribution is 2.22. The van der Waals surface area contributed by atoms with Crippen molar-refractivity contribution in [2.45, 2.75) is 13.3 Å². The molecule has 102 valence electrons. The van der Waals surface area contributed by atoms with Gasteiger partial charge in [-0.15, -0.1) is 0 Å². The highest BCUT2D eigenvalue weighted by atomic mass is 32.1. The first-order valence-electron chi connectivity index (χ1n) is 6.07. The van der Waals surface area contributed by atoms with Gasteiger partial charge >= 0.3 is 0 Å². The first kappa shape index (κ1) is 13.4. The second-order valence-electron chi connectivity index (χ2n) is 4.31. The lowest BCUT2D eigenvalue weighted by atomic mass is 10.1. The second-order valence-corrected chi connectivity index (χ2v) is 6.36. The maximum absolute atomic E-state index is 11.9. The Balaban J connectivity index is 2.35. The van der Waals surface area contributed by atoms with Gasteiger partial charge in [-0.05, 0) is 48.6 Å². The van der Waals surface area contributed by atoms with Crippen molar-refractivity contribution in [1.82, 2.24) is 14.5 Å². The number of hydrogen-bond donors (Lipinski definition) is 2. The molecule has 2 N–H and O–H groups in total. The summed E-state index contributed by atoms with van der Waals surface area (Å²) in [4.78, 5) is 17.5. The van der Waals surface area contributed by atoms with Crippen LogP contribution in [0, 0.1) is 8.73 Å². The standard InChI is InChI=1S/C13H11N3OS3/c1-2-7-3-5-8(6-4-7)16-10-9(20-13(16)19)11(17)15-12(18)14-10/h3-6H,2H2,1H3,(H2,14,15,17,18). The van der Waals surface area contributed by atoms with Gasteiger partial charge in [-0.25, -0.2) is 0 Å². The molecule has 0 aliphatic heterocycles. The molecule has 0 saturated heterocycles. The van der Waals surface area contributed by atoms with Crippen molar-refractivity contribution in [2.75, 3.05) is 0 Å². The maximum Gasteiger partial charge on any atom is 0.271 e. The number of aryl methyl sites for hydroxylation is 1. The smallest absolute Gasteiger partial charge is 0.271 e. The topological polar surface area (TPSA) is 53.6 Å². The Hall–Kier alpha value is -1.57. The Kier molecular flexibility index (Phi) is 3.41. The monoisotopic (exact) mass is 321 g/mol. The van der Waals surface area contributed by atoms with Gasteiger partial charge < -0.3 is 4.98 Å². The first-order valence-corrected chi connectivity index (χ1v) is 7.71. The predicted molar refractivity (Wildman–Crippen MR) is 87.2 cm³/mol. The molecular formula is C13H11N3OS3. The second kappa shape index (κ2) is 5.08. The molecule has 0 aliphatic rings. The number of aromatic nitrogens is 3. The summed E-state index contributed by atoms with van der Waals surface area (Å²) < 4.78 is 3.32. The summed E-state index contributed by atoms with van der Waals surface area (Å²) in [5.41, 5.74) is 2.63. The molecule has 4 nitrogen and oxygen atoms in total. The lowest BCUT2D eigenvalue weighted by Crippen LogP contribution is -2.07. The van der Waals surface area contributed by atoms with Crippen molar-refractivity contribution in [3.05, 3.63) is 48.9 Å². The van der Waals surface area contributed by atoms with E-state index in [1.54, 1.807) is 0 Å². The van der Waals surface area contributed by atoms with Gasteiger partial charge in [-0.2, -0.15) is 0 Å². The third kappa shape index (κ3) is 2.17. The third-order valence-electron chi connectivity index (χ3n) is 3.08. The van der Waals surface area contributed by atoms with E-state index in [-0.39, 0.29) is 5.56 Å². The number of fused-ring (bicyclic) bond motifs is 1. The van der Waals surface area contributed by atoms with Crippen LogP contribution in [0.25, 0.3) is 16.0 Å². The van der Waals surface area contributed by atoms with E-state index in [1.165, 1.54) is 16.9 Å². The van der Waals surface area contributed by atoms with Crippen LogP contribution >= 0.6 is 35.8 Å². The number of hydrogen-bond acceptors (Lipinski definition) is 4. The molecular weight excluding hydrogens is 310 g/mol. The van der Waals surface area contributed by atoms with Crippen LogP contribution in [0.1, 0.15) is 12.5 Å². The minimum atomic E-state index is -0.205. The Bertz CT molecular complexity index is 944. The number of benzene rings is 1. The molecule has 2 heterocycles. The highest BCUT2D eigenvalue weighted by Gasteiger charge is 2.10. The van der Waals surface area contributed by atoms with E-state index < -0.39 is 0 Å². The lowest BCUT2D eigenvalue weighted by Gasteiger charge is -2.05. The van der Waals surface area contributed by atoms with Gasteiger partial charge in [-0.3, -0.25) is 14.3 Å². The third-order valence-corrected chi connectivity index (χ3v) is 4.66. The number of aromatic amines is 2. The zero-order chi connectivity index (χ0) is 14.3. The quantitative estimate of drug-likeness (QED) is 0.707. The molecule has 0 fully saturated rings. The molecule has 3 rings (SSSR count). The fourth-order valence-corrected chi connectivity index (χ4v) is 3.54. The van der Waals surface area contributed by atoms with Crippen molar-refractivity contribution in [3.8, 4) is 5.69 Å². The van der Waals surface area contributed by atoms with E-state index in [0.29, 0.717) is 19.1 Å². The molecule has 0 unspecified atom stereocenters. The molecule has 1 aromatic carbocycles.